The van der Waals surface area contributed by atoms with Crippen LogP contribution in [0.5, 0.6) is 0 Å². The van der Waals surface area contributed by atoms with Crippen molar-refractivity contribution < 1.29 is 4.79 Å². The number of nitrogens with one attached hydrogen (secondary N) is 1. The molecule has 1 aliphatic heterocycles. The van der Waals surface area contributed by atoms with E-state index in [1.165, 1.54) is 0 Å². The first-order chi connectivity index (χ1) is 6.93. The summed E-state index contributed by atoms with van der Waals surface area (Å²) in [5.74, 6) is -0.0585. The van der Waals surface area contributed by atoms with Gasteiger partial charge in [0.2, 0.25) is 5.91 Å². The zero-order chi connectivity index (χ0) is 11.5. The predicted octanol–water partition coefficient (Wildman–Crippen LogP) is 1.46. The van der Waals surface area contributed by atoms with Crippen molar-refractivity contribution in [2.75, 3.05) is 26.7 Å². The molecule has 0 aromatic carbocycles. The normalized spacial score (nSPS) is 23.5. The molecule has 15 heavy (non-hydrogen) atoms. The average molecular weight is 233 g/mol. The number of carbonyl (C=O) groups is 1. The predicted molar refractivity (Wildman–Crippen MR) is 63.2 cm³/mol. The van der Waals surface area contributed by atoms with Crippen molar-refractivity contribution >= 4 is 17.5 Å². The molecular formula is C11H21ClN2O. The number of nitrogens with zero attached hydrogens (tertiary/aromatic N) is 1. The molecule has 1 aliphatic rings. The van der Waals surface area contributed by atoms with Gasteiger partial charge >= 0.3 is 0 Å². The Morgan fingerprint density at radius 2 is 2.07 bits per heavy atom. The van der Waals surface area contributed by atoms with E-state index in [0.717, 1.165) is 32.5 Å². The maximum atomic E-state index is 11.3. The fourth-order valence-electron chi connectivity index (χ4n) is 1.78. The number of rotatable bonds is 3. The van der Waals surface area contributed by atoms with Gasteiger partial charge < -0.3 is 10.2 Å². The van der Waals surface area contributed by atoms with Crippen LogP contribution in [0, 0.1) is 5.41 Å². The van der Waals surface area contributed by atoms with Crippen LogP contribution in [-0.2, 0) is 4.79 Å². The van der Waals surface area contributed by atoms with Crippen molar-refractivity contribution in [2.24, 2.45) is 5.41 Å². The molecular weight excluding hydrogens is 212 g/mol. The molecule has 0 radical (unpaired) electrons. The Labute approximate surface area is 97.2 Å². The number of halogens is 1. The van der Waals surface area contributed by atoms with Crippen LogP contribution >= 0.6 is 11.6 Å². The topological polar surface area (TPSA) is 32.3 Å². The summed E-state index contributed by atoms with van der Waals surface area (Å²) in [6.45, 7) is 6.91. The molecule has 0 saturated carbocycles. The molecule has 1 N–H and O–H groups in total. The lowest BCUT2D eigenvalue weighted by Gasteiger charge is -2.38. The van der Waals surface area contributed by atoms with Gasteiger partial charge in [-0.25, -0.2) is 0 Å². The van der Waals surface area contributed by atoms with Gasteiger partial charge in [0, 0.05) is 6.54 Å². The quantitative estimate of drug-likeness (QED) is 0.748. The standard InChI is InChI=1S/C11H21ClN2O/c1-9(12)10(15)13-8-11(2)4-6-14(3)7-5-11/h9H,4-8H2,1-3H3,(H,13,15). The number of hydrogen-bond donors (Lipinski definition) is 1. The summed E-state index contributed by atoms with van der Waals surface area (Å²) in [7, 11) is 2.14. The van der Waals surface area contributed by atoms with Gasteiger partial charge in [-0.15, -0.1) is 11.6 Å². The molecule has 1 atom stereocenters. The zero-order valence-electron chi connectivity index (χ0n) is 9.85. The van der Waals surface area contributed by atoms with E-state index >= 15 is 0 Å². The summed E-state index contributed by atoms with van der Waals surface area (Å²) in [6, 6.07) is 0. The van der Waals surface area contributed by atoms with Crippen LogP contribution in [0.2, 0.25) is 0 Å². The number of carbonyl (C=O) groups excluding carboxylic acids is 1. The van der Waals surface area contributed by atoms with E-state index in [-0.39, 0.29) is 11.3 Å². The van der Waals surface area contributed by atoms with Crippen LogP contribution in [0.15, 0.2) is 0 Å². The minimum absolute atomic E-state index is 0.0585. The third-order valence-corrected chi connectivity index (χ3v) is 3.44. The summed E-state index contributed by atoms with van der Waals surface area (Å²) in [6.07, 6.45) is 2.28. The number of alkyl halides is 1. The van der Waals surface area contributed by atoms with Gasteiger partial charge in [-0.3, -0.25) is 4.79 Å². The summed E-state index contributed by atoms with van der Waals surface area (Å²) in [5, 5.41) is 2.49. The Balaban J connectivity index is 2.34. The van der Waals surface area contributed by atoms with Crippen molar-refractivity contribution in [1.82, 2.24) is 10.2 Å². The highest BCUT2D eigenvalue weighted by Crippen LogP contribution is 2.29. The first-order valence-corrected chi connectivity index (χ1v) is 5.97. The Morgan fingerprint density at radius 1 is 1.53 bits per heavy atom. The van der Waals surface area contributed by atoms with Crippen LogP contribution in [0.25, 0.3) is 0 Å². The largest absolute Gasteiger partial charge is 0.354 e. The lowest BCUT2D eigenvalue weighted by Crippen LogP contribution is -2.44. The molecule has 1 rings (SSSR count). The van der Waals surface area contributed by atoms with Gasteiger partial charge in [0.15, 0.2) is 0 Å². The second kappa shape index (κ2) is 5.17. The minimum Gasteiger partial charge on any atom is -0.354 e. The highest BCUT2D eigenvalue weighted by atomic mass is 35.5. The Hall–Kier alpha value is -0.280. The molecule has 88 valence electrons. The van der Waals surface area contributed by atoms with E-state index in [4.69, 9.17) is 11.6 Å². The van der Waals surface area contributed by atoms with E-state index in [1.807, 2.05) is 0 Å². The van der Waals surface area contributed by atoms with Crippen molar-refractivity contribution in [3.05, 3.63) is 0 Å². The van der Waals surface area contributed by atoms with Gasteiger partial charge in [0.25, 0.3) is 0 Å². The Bertz CT molecular complexity index is 223. The maximum Gasteiger partial charge on any atom is 0.237 e. The third kappa shape index (κ3) is 3.99. The molecule has 1 saturated heterocycles. The molecule has 0 aromatic heterocycles. The molecule has 4 heteroatoms. The SMILES string of the molecule is CC(Cl)C(=O)NCC1(C)CCN(C)CC1. The molecule has 1 unspecified atom stereocenters. The third-order valence-electron chi connectivity index (χ3n) is 3.24. The number of likely N-dealkylation sites (tertiary alicyclic amines) is 1. The van der Waals surface area contributed by atoms with Crippen molar-refractivity contribution in [2.45, 2.75) is 32.1 Å². The number of piperidine rings is 1. The van der Waals surface area contributed by atoms with E-state index in [1.54, 1.807) is 6.92 Å². The first-order valence-electron chi connectivity index (χ1n) is 5.53. The summed E-state index contributed by atoms with van der Waals surface area (Å²) in [5.41, 5.74) is 0.244. The lowest BCUT2D eigenvalue weighted by atomic mass is 9.80. The number of amides is 1. The van der Waals surface area contributed by atoms with Crippen molar-refractivity contribution in [3.8, 4) is 0 Å². The molecule has 0 aromatic rings. The monoisotopic (exact) mass is 232 g/mol. The van der Waals surface area contributed by atoms with Gasteiger partial charge in [0.1, 0.15) is 5.38 Å². The zero-order valence-corrected chi connectivity index (χ0v) is 10.6. The summed E-state index contributed by atoms with van der Waals surface area (Å²) in [4.78, 5) is 13.7. The fourth-order valence-corrected chi connectivity index (χ4v) is 1.85. The molecule has 1 amide bonds. The van der Waals surface area contributed by atoms with E-state index in [2.05, 4.69) is 24.2 Å². The van der Waals surface area contributed by atoms with Crippen LogP contribution in [-0.4, -0.2) is 42.9 Å². The van der Waals surface area contributed by atoms with Crippen molar-refractivity contribution in [3.63, 3.8) is 0 Å². The molecule has 1 heterocycles. The average Bonchev–Trinajstić information content (AvgIpc) is 2.19. The van der Waals surface area contributed by atoms with Gasteiger partial charge in [-0.1, -0.05) is 6.92 Å². The smallest absolute Gasteiger partial charge is 0.237 e. The van der Waals surface area contributed by atoms with Crippen LogP contribution < -0.4 is 5.32 Å². The molecule has 0 aliphatic carbocycles. The molecule has 1 fully saturated rings. The number of hydrogen-bond acceptors (Lipinski definition) is 2. The van der Waals surface area contributed by atoms with E-state index in [0.29, 0.717) is 0 Å². The highest BCUT2D eigenvalue weighted by Gasteiger charge is 2.29. The van der Waals surface area contributed by atoms with Gasteiger partial charge in [-0.05, 0) is 45.3 Å². The van der Waals surface area contributed by atoms with Gasteiger partial charge in [0.05, 0.1) is 0 Å². The first kappa shape index (κ1) is 12.8. The minimum atomic E-state index is -0.431. The van der Waals surface area contributed by atoms with E-state index in [9.17, 15) is 4.79 Å². The van der Waals surface area contributed by atoms with Crippen LogP contribution in [0.1, 0.15) is 26.7 Å². The van der Waals surface area contributed by atoms with Crippen LogP contribution in [0.3, 0.4) is 0 Å². The molecule has 3 nitrogen and oxygen atoms in total. The summed E-state index contributed by atoms with van der Waals surface area (Å²) >= 11 is 5.69. The maximum absolute atomic E-state index is 11.3. The molecule has 0 spiro atoms. The van der Waals surface area contributed by atoms with E-state index < -0.39 is 5.38 Å². The van der Waals surface area contributed by atoms with Crippen LogP contribution in [0.4, 0.5) is 0 Å². The summed E-state index contributed by atoms with van der Waals surface area (Å²) < 4.78 is 0. The van der Waals surface area contributed by atoms with Crippen molar-refractivity contribution in [1.29, 1.82) is 0 Å². The second-order valence-electron chi connectivity index (χ2n) is 4.95. The lowest BCUT2D eigenvalue weighted by molar-refractivity contribution is -0.121. The Morgan fingerprint density at radius 3 is 2.53 bits per heavy atom. The highest BCUT2D eigenvalue weighted by molar-refractivity contribution is 6.30. The van der Waals surface area contributed by atoms with Gasteiger partial charge in [-0.2, -0.15) is 0 Å². The fraction of sp³-hybridized carbons (Fsp3) is 0.909. The second-order valence-corrected chi connectivity index (χ2v) is 5.60. The molecule has 0 bridgehead atoms. The Kier molecular flexibility index (Phi) is 4.41.